The Hall–Kier alpha value is -2.55. The number of nitrogens with one attached hydrogen (secondary N) is 2. The summed E-state index contributed by atoms with van der Waals surface area (Å²) in [4.78, 5) is 13.6. The number of anilines is 3. The van der Waals surface area contributed by atoms with Gasteiger partial charge in [-0.05, 0) is 18.2 Å². The molecule has 0 fully saturated rings. The van der Waals surface area contributed by atoms with E-state index in [1.165, 1.54) is 13.3 Å². The quantitative estimate of drug-likeness (QED) is 0.878. The van der Waals surface area contributed by atoms with Gasteiger partial charge >= 0.3 is 6.03 Å². The van der Waals surface area contributed by atoms with E-state index in [4.69, 9.17) is 0 Å². The first kappa shape index (κ1) is 15.3. The van der Waals surface area contributed by atoms with Crippen LogP contribution in [0.1, 0.15) is 0 Å². The lowest BCUT2D eigenvalue weighted by Crippen LogP contribution is -2.24. The monoisotopic (exact) mass is 335 g/mol. The van der Waals surface area contributed by atoms with Gasteiger partial charge in [-0.15, -0.1) is 0 Å². The average Bonchev–Trinajstić information content (AvgIpc) is 3.06. The number of amides is 2. The van der Waals surface area contributed by atoms with Crippen molar-refractivity contribution in [2.45, 2.75) is 11.4 Å². The summed E-state index contributed by atoms with van der Waals surface area (Å²) in [6, 6.07) is 8.20. The third-order valence-corrected chi connectivity index (χ3v) is 4.71. The van der Waals surface area contributed by atoms with E-state index in [1.807, 2.05) is 11.0 Å². The van der Waals surface area contributed by atoms with E-state index in [1.54, 1.807) is 28.9 Å². The molecule has 23 heavy (non-hydrogen) atoms. The summed E-state index contributed by atoms with van der Waals surface area (Å²) in [5.74, 6) is 1.25. The first-order valence-corrected chi connectivity index (χ1v) is 8.92. The smallest absolute Gasteiger partial charge is 0.320 e. The van der Waals surface area contributed by atoms with Gasteiger partial charge in [0.1, 0.15) is 5.82 Å². The van der Waals surface area contributed by atoms with Gasteiger partial charge in [0.15, 0.2) is 15.7 Å². The molecule has 0 atom stereocenters. The second-order valence-corrected chi connectivity index (χ2v) is 7.25. The lowest BCUT2D eigenvalue weighted by Gasteiger charge is -2.17. The van der Waals surface area contributed by atoms with Crippen LogP contribution >= 0.6 is 0 Å². The molecule has 1 aliphatic rings. The van der Waals surface area contributed by atoms with Gasteiger partial charge in [0, 0.05) is 31.6 Å². The molecule has 1 aromatic carbocycles. The molecule has 0 aliphatic carbocycles. The molecule has 1 aliphatic heterocycles. The van der Waals surface area contributed by atoms with E-state index in [0.29, 0.717) is 18.9 Å². The number of rotatable bonds is 3. The third-order valence-electron chi connectivity index (χ3n) is 3.60. The van der Waals surface area contributed by atoms with E-state index in [-0.39, 0.29) is 10.9 Å². The van der Waals surface area contributed by atoms with Crippen LogP contribution in [0.15, 0.2) is 35.2 Å². The van der Waals surface area contributed by atoms with Crippen LogP contribution in [0.4, 0.5) is 22.1 Å². The number of carbonyl (C=O) groups is 1. The van der Waals surface area contributed by atoms with Crippen LogP contribution < -0.4 is 15.5 Å². The van der Waals surface area contributed by atoms with Gasteiger partial charge in [0.25, 0.3) is 0 Å². The third kappa shape index (κ3) is 3.00. The lowest BCUT2D eigenvalue weighted by molar-refractivity contribution is 0.254. The lowest BCUT2D eigenvalue weighted by atomic mass is 10.3. The summed E-state index contributed by atoms with van der Waals surface area (Å²) >= 11 is 0. The highest BCUT2D eigenvalue weighted by molar-refractivity contribution is 7.90. The molecule has 2 aromatic rings. The fourth-order valence-corrected chi connectivity index (χ4v) is 3.14. The summed E-state index contributed by atoms with van der Waals surface area (Å²) in [7, 11) is -1.73. The van der Waals surface area contributed by atoms with Crippen molar-refractivity contribution in [2.75, 3.05) is 30.1 Å². The van der Waals surface area contributed by atoms with Crippen molar-refractivity contribution in [3.63, 3.8) is 0 Å². The van der Waals surface area contributed by atoms with Crippen molar-refractivity contribution < 1.29 is 13.2 Å². The molecule has 122 valence electrons. The van der Waals surface area contributed by atoms with Crippen molar-refractivity contribution in [1.82, 2.24) is 15.1 Å². The van der Waals surface area contributed by atoms with Gasteiger partial charge in [-0.3, -0.25) is 5.32 Å². The molecular weight excluding hydrogens is 318 g/mol. The van der Waals surface area contributed by atoms with Gasteiger partial charge in [0.05, 0.1) is 11.4 Å². The second kappa shape index (κ2) is 5.58. The van der Waals surface area contributed by atoms with Crippen molar-refractivity contribution in [1.29, 1.82) is 0 Å². The van der Waals surface area contributed by atoms with Crippen LogP contribution in [0.25, 0.3) is 0 Å². The van der Waals surface area contributed by atoms with Crippen LogP contribution in [-0.4, -0.2) is 44.1 Å². The summed E-state index contributed by atoms with van der Waals surface area (Å²) in [5.41, 5.74) is 0.776. The zero-order chi connectivity index (χ0) is 16.6. The number of aromatic nitrogens is 2. The Morgan fingerprint density at radius 1 is 1.26 bits per heavy atom. The van der Waals surface area contributed by atoms with Gasteiger partial charge in [-0.2, -0.15) is 5.10 Å². The van der Waals surface area contributed by atoms with Crippen molar-refractivity contribution in [3.05, 3.63) is 30.3 Å². The van der Waals surface area contributed by atoms with Crippen LogP contribution in [0.2, 0.25) is 0 Å². The first-order chi connectivity index (χ1) is 10.9. The Morgan fingerprint density at radius 2 is 2.04 bits per heavy atom. The maximum atomic E-state index is 11.7. The molecule has 2 amide bonds. The van der Waals surface area contributed by atoms with E-state index in [0.717, 1.165) is 11.5 Å². The topological polar surface area (TPSA) is 96.3 Å². The number of hydrogen-bond donors (Lipinski definition) is 2. The predicted octanol–water partition coefficient (Wildman–Crippen LogP) is 1.19. The van der Waals surface area contributed by atoms with Crippen LogP contribution in [-0.2, 0) is 16.4 Å². The minimum Gasteiger partial charge on any atom is -0.341 e. The van der Waals surface area contributed by atoms with Crippen LogP contribution in [0.3, 0.4) is 0 Å². The maximum absolute atomic E-state index is 11.7. The van der Waals surface area contributed by atoms with Gasteiger partial charge < -0.3 is 10.2 Å². The van der Waals surface area contributed by atoms with Gasteiger partial charge in [0.2, 0.25) is 0 Å². The number of benzene rings is 1. The van der Waals surface area contributed by atoms with E-state index >= 15 is 0 Å². The summed E-state index contributed by atoms with van der Waals surface area (Å²) in [6.07, 6.45) is 1.19. The fraction of sp³-hybridized carbons (Fsp3) is 0.286. The number of carbonyl (C=O) groups excluding carboxylic acids is 1. The Labute approximate surface area is 134 Å². The van der Waals surface area contributed by atoms with E-state index < -0.39 is 9.84 Å². The number of hydrogen-bond acceptors (Lipinski definition) is 5. The van der Waals surface area contributed by atoms with Crippen LogP contribution in [0, 0.1) is 0 Å². The first-order valence-electron chi connectivity index (χ1n) is 7.03. The molecule has 0 bridgehead atoms. The minimum absolute atomic E-state index is 0.275. The zero-order valence-corrected chi connectivity index (χ0v) is 13.6. The molecule has 0 saturated carbocycles. The maximum Gasteiger partial charge on any atom is 0.320 e. The summed E-state index contributed by atoms with van der Waals surface area (Å²) in [5, 5.41) is 9.40. The van der Waals surface area contributed by atoms with Crippen molar-refractivity contribution in [2.24, 2.45) is 0 Å². The highest BCUT2D eigenvalue weighted by Gasteiger charge is 2.24. The van der Waals surface area contributed by atoms with Gasteiger partial charge in [-0.1, -0.05) is 6.07 Å². The molecule has 0 saturated heterocycles. The molecular formula is C14H17N5O3S. The van der Waals surface area contributed by atoms with Crippen molar-refractivity contribution >= 4 is 33.2 Å². The standard InChI is InChI=1S/C14H17N5O3S/c1-15-14(20)16-12-9-13-18(6-7-19(13)17-12)10-4-3-5-11(8-10)23(2,21)22/h3-5,8-9H,6-7H2,1-2H3,(H2,15,16,17,20). The Bertz CT molecular complexity index is 859. The second-order valence-electron chi connectivity index (χ2n) is 5.24. The van der Waals surface area contributed by atoms with Gasteiger partial charge in [-0.25, -0.2) is 17.9 Å². The molecule has 8 nitrogen and oxygen atoms in total. The minimum atomic E-state index is -3.26. The number of urea groups is 1. The summed E-state index contributed by atoms with van der Waals surface area (Å²) < 4.78 is 25.2. The average molecular weight is 335 g/mol. The molecule has 3 rings (SSSR count). The largest absolute Gasteiger partial charge is 0.341 e. The Kier molecular flexibility index (Phi) is 3.72. The van der Waals surface area contributed by atoms with E-state index in [2.05, 4.69) is 15.7 Å². The molecule has 0 unspecified atom stereocenters. The molecule has 2 heterocycles. The molecule has 0 spiro atoms. The van der Waals surface area contributed by atoms with Crippen molar-refractivity contribution in [3.8, 4) is 0 Å². The predicted molar refractivity (Wildman–Crippen MR) is 86.9 cm³/mol. The Balaban J connectivity index is 1.92. The zero-order valence-electron chi connectivity index (χ0n) is 12.8. The van der Waals surface area contributed by atoms with E-state index in [9.17, 15) is 13.2 Å². The normalized spacial score (nSPS) is 13.7. The molecule has 1 aromatic heterocycles. The number of nitrogens with zero attached hydrogens (tertiary/aromatic N) is 3. The fourth-order valence-electron chi connectivity index (χ4n) is 2.48. The van der Waals surface area contributed by atoms with Crippen LogP contribution in [0.5, 0.6) is 0 Å². The highest BCUT2D eigenvalue weighted by Crippen LogP contribution is 2.32. The number of sulfone groups is 1. The highest BCUT2D eigenvalue weighted by atomic mass is 32.2. The summed E-state index contributed by atoms with van der Waals surface area (Å²) in [6.45, 7) is 1.35. The molecule has 9 heteroatoms. The Morgan fingerprint density at radius 3 is 2.74 bits per heavy atom. The number of fused-ring (bicyclic) bond motifs is 1. The molecule has 0 radical (unpaired) electrons. The SMILES string of the molecule is CNC(=O)Nc1cc2n(n1)CCN2c1cccc(S(C)(=O)=O)c1. The molecule has 2 N–H and O–H groups in total.